The summed E-state index contributed by atoms with van der Waals surface area (Å²) in [6.45, 7) is 1.74. The van der Waals surface area contributed by atoms with Crippen LogP contribution in [0.25, 0.3) is 0 Å². The predicted molar refractivity (Wildman–Crippen MR) is 64.3 cm³/mol. The van der Waals surface area contributed by atoms with Gasteiger partial charge in [0.25, 0.3) is 0 Å². The van der Waals surface area contributed by atoms with E-state index in [0.29, 0.717) is 0 Å². The summed E-state index contributed by atoms with van der Waals surface area (Å²) in [5, 5.41) is 19.4. The Morgan fingerprint density at radius 1 is 1.31 bits per heavy atom. The van der Waals surface area contributed by atoms with Gasteiger partial charge in [-0.25, -0.2) is 0 Å². The normalized spacial score (nSPS) is 39.6. The van der Waals surface area contributed by atoms with Crippen LogP contribution >= 0.6 is 12.6 Å². The summed E-state index contributed by atoms with van der Waals surface area (Å²) in [5.74, 6) is 0. The molecule has 0 radical (unpaired) electrons. The first kappa shape index (κ1) is 11.9. The van der Waals surface area contributed by atoms with Crippen molar-refractivity contribution >= 4 is 12.6 Å². The molecule has 0 bridgehead atoms. The van der Waals surface area contributed by atoms with E-state index >= 15 is 0 Å². The molecular formula is C12H16O3S. The number of aliphatic hydroxyl groups excluding tert-OH is 2. The molecule has 1 aliphatic heterocycles. The molecule has 1 aromatic carbocycles. The van der Waals surface area contributed by atoms with Crippen molar-refractivity contribution in [3.63, 3.8) is 0 Å². The Balaban J connectivity index is 2.27. The molecule has 2 N–H and O–H groups in total. The van der Waals surface area contributed by atoms with E-state index in [1.165, 1.54) is 0 Å². The van der Waals surface area contributed by atoms with Crippen LogP contribution < -0.4 is 0 Å². The molecule has 1 fully saturated rings. The highest BCUT2D eigenvalue weighted by Crippen LogP contribution is 2.40. The van der Waals surface area contributed by atoms with Crippen LogP contribution in [0.15, 0.2) is 30.3 Å². The zero-order chi connectivity index (χ0) is 11.8. The summed E-state index contributed by atoms with van der Waals surface area (Å²) in [6, 6.07) is 9.53. The third-order valence-electron chi connectivity index (χ3n) is 2.97. The number of ether oxygens (including phenoxy) is 1. The molecule has 4 heteroatoms. The fourth-order valence-corrected chi connectivity index (χ4v) is 2.53. The van der Waals surface area contributed by atoms with Crippen molar-refractivity contribution in [1.29, 1.82) is 0 Å². The summed E-state index contributed by atoms with van der Waals surface area (Å²) in [7, 11) is 0. The molecule has 1 saturated heterocycles. The monoisotopic (exact) mass is 240 g/mol. The zero-order valence-electron chi connectivity index (χ0n) is 9.08. The second kappa shape index (κ2) is 4.37. The van der Waals surface area contributed by atoms with E-state index in [4.69, 9.17) is 4.74 Å². The second-order valence-corrected chi connectivity index (χ2v) is 4.96. The maximum Gasteiger partial charge on any atom is 0.139 e. The predicted octanol–water partition coefficient (Wildman–Crippen LogP) is 1.30. The van der Waals surface area contributed by atoms with Gasteiger partial charge in [0.05, 0.1) is 12.2 Å². The van der Waals surface area contributed by atoms with E-state index in [-0.39, 0.29) is 6.42 Å². The maximum atomic E-state index is 9.77. The Morgan fingerprint density at radius 2 is 1.94 bits per heavy atom. The van der Waals surface area contributed by atoms with Gasteiger partial charge in [0.1, 0.15) is 11.0 Å². The Hall–Kier alpha value is -0.550. The fraction of sp³-hybridized carbons (Fsp3) is 0.500. The summed E-state index contributed by atoms with van der Waals surface area (Å²) >= 11 is 4.51. The third-order valence-corrected chi connectivity index (χ3v) is 3.51. The SMILES string of the molecule is C[C@@H]1O[C@](S)(c2ccccc2)C[C@H](O)[C@@H]1O. The molecule has 0 unspecified atom stereocenters. The van der Waals surface area contributed by atoms with Gasteiger partial charge in [-0.05, 0) is 12.5 Å². The van der Waals surface area contributed by atoms with Crippen LogP contribution in [0, 0.1) is 0 Å². The lowest BCUT2D eigenvalue weighted by Gasteiger charge is -2.42. The summed E-state index contributed by atoms with van der Waals surface area (Å²) < 4.78 is 5.70. The smallest absolute Gasteiger partial charge is 0.139 e. The molecule has 2 rings (SSSR count). The molecule has 0 spiro atoms. The third kappa shape index (κ3) is 2.11. The number of thiol groups is 1. The van der Waals surface area contributed by atoms with E-state index in [1.807, 2.05) is 30.3 Å². The number of aliphatic hydroxyl groups is 2. The maximum absolute atomic E-state index is 9.77. The largest absolute Gasteiger partial charge is 0.390 e. The van der Waals surface area contributed by atoms with Crippen molar-refractivity contribution in [3.05, 3.63) is 35.9 Å². The van der Waals surface area contributed by atoms with E-state index in [1.54, 1.807) is 6.92 Å². The lowest BCUT2D eigenvalue weighted by Crippen LogP contribution is -2.49. The van der Waals surface area contributed by atoms with Crippen molar-refractivity contribution in [1.82, 2.24) is 0 Å². The van der Waals surface area contributed by atoms with Gasteiger partial charge < -0.3 is 14.9 Å². The van der Waals surface area contributed by atoms with Gasteiger partial charge in [-0.2, -0.15) is 0 Å². The van der Waals surface area contributed by atoms with Crippen molar-refractivity contribution in [2.75, 3.05) is 0 Å². The fourth-order valence-electron chi connectivity index (χ4n) is 2.03. The molecule has 3 nitrogen and oxygen atoms in total. The van der Waals surface area contributed by atoms with Gasteiger partial charge in [-0.3, -0.25) is 0 Å². The molecule has 1 aromatic rings. The molecule has 88 valence electrons. The van der Waals surface area contributed by atoms with Crippen LogP contribution in [-0.4, -0.2) is 28.5 Å². The Labute approximate surface area is 100 Å². The van der Waals surface area contributed by atoms with Crippen LogP contribution in [0.2, 0.25) is 0 Å². The zero-order valence-corrected chi connectivity index (χ0v) is 9.97. The van der Waals surface area contributed by atoms with Crippen LogP contribution in [0.5, 0.6) is 0 Å². The Morgan fingerprint density at radius 3 is 2.50 bits per heavy atom. The Bertz CT molecular complexity index is 343. The van der Waals surface area contributed by atoms with Gasteiger partial charge >= 0.3 is 0 Å². The molecule has 4 atom stereocenters. The molecule has 1 heterocycles. The van der Waals surface area contributed by atoms with Crippen LogP contribution in [-0.2, 0) is 9.67 Å². The standard InChI is InChI=1S/C12H16O3S/c1-8-11(14)10(13)7-12(16,15-8)9-5-3-2-4-6-9/h2-6,8,10-11,13-14,16H,7H2,1H3/t8-,10-,11+,12+/m0/s1. The highest BCUT2D eigenvalue weighted by Gasteiger charge is 2.43. The first-order valence-electron chi connectivity index (χ1n) is 5.35. The Kier molecular flexibility index (Phi) is 3.26. The van der Waals surface area contributed by atoms with Crippen molar-refractivity contribution in [2.24, 2.45) is 0 Å². The van der Waals surface area contributed by atoms with Crippen molar-refractivity contribution in [3.8, 4) is 0 Å². The van der Waals surface area contributed by atoms with E-state index in [2.05, 4.69) is 12.6 Å². The first-order valence-corrected chi connectivity index (χ1v) is 5.79. The number of rotatable bonds is 1. The van der Waals surface area contributed by atoms with Crippen LogP contribution in [0.3, 0.4) is 0 Å². The average Bonchev–Trinajstić information content (AvgIpc) is 2.27. The van der Waals surface area contributed by atoms with Gasteiger partial charge in [-0.1, -0.05) is 30.3 Å². The molecule has 0 amide bonds. The van der Waals surface area contributed by atoms with E-state index < -0.39 is 23.2 Å². The van der Waals surface area contributed by atoms with Crippen molar-refractivity contribution in [2.45, 2.75) is 36.6 Å². The number of hydrogen-bond donors (Lipinski definition) is 3. The molecule has 16 heavy (non-hydrogen) atoms. The molecule has 1 aliphatic rings. The quantitative estimate of drug-likeness (QED) is 0.649. The second-order valence-electron chi connectivity index (χ2n) is 4.24. The van der Waals surface area contributed by atoms with Gasteiger partial charge in [-0.15, -0.1) is 12.6 Å². The van der Waals surface area contributed by atoms with Crippen LogP contribution in [0.4, 0.5) is 0 Å². The summed E-state index contributed by atoms with van der Waals surface area (Å²) in [5.41, 5.74) is 0.899. The molecule has 0 aliphatic carbocycles. The van der Waals surface area contributed by atoms with E-state index in [0.717, 1.165) is 5.56 Å². The lowest BCUT2D eigenvalue weighted by molar-refractivity contribution is -0.177. The van der Waals surface area contributed by atoms with Gasteiger partial charge in [0, 0.05) is 6.42 Å². The van der Waals surface area contributed by atoms with Crippen molar-refractivity contribution < 1.29 is 14.9 Å². The molecule has 0 aromatic heterocycles. The van der Waals surface area contributed by atoms with Gasteiger partial charge in [0.2, 0.25) is 0 Å². The number of hydrogen-bond acceptors (Lipinski definition) is 4. The summed E-state index contributed by atoms with van der Waals surface area (Å²) in [6.07, 6.45) is -1.79. The molecule has 0 saturated carbocycles. The topological polar surface area (TPSA) is 49.7 Å². The van der Waals surface area contributed by atoms with E-state index in [9.17, 15) is 10.2 Å². The number of benzene rings is 1. The lowest BCUT2D eigenvalue weighted by atomic mass is 9.94. The van der Waals surface area contributed by atoms with Crippen LogP contribution in [0.1, 0.15) is 18.9 Å². The minimum atomic E-state index is -0.844. The summed E-state index contributed by atoms with van der Waals surface area (Å²) in [4.78, 5) is -0.820. The first-order chi connectivity index (χ1) is 7.53. The highest BCUT2D eigenvalue weighted by atomic mass is 32.1. The minimum Gasteiger partial charge on any atom is -0.390 e. The van der Waals surface area contributed by atoms with Gasteiger partial charge in [0.15, 0.2) is 0 Å². The average molecular weight is 240 g/mol. The minimum absolute atomic E-state index is 0.283. The molecular weight excluding hydrogens is 224 g/mol. The highest BCUT2D eigenvalue weighted by molar-refractivity contribution is 7.81.